The van der Waals surface area contributed by atoms with E-state index in [0.717, 1.165) is 16.5 Å². The van der Waals surface area contributed by atoms with Gasteiger partial charge in [-0.2, -0.15) is 0 Å². The topological polar surface area (TPSA) is 51.5 Å². The summed E-state index contributed by atoms with van der Waals surface area (Å²) in [4.78, 5) is 10.5. The molecular formula is C12H13NO3. The van der Waals surface area contributed by atoms with Crippen molar-refractivity contribution < 1.29 is 14.6 Å². The van der Waals surface area contributed by atoms with Gasteiger partial charge >= 0.3 is 5.97 Å². The van der Waals surface area contributed by atoms with Crippen LogP contribution in [0.3, 0.4) is 0 Å². The number of carbonyl (C=O) groups is 1. The minimum absolute atomic E-state index is 0.312. The minimum atomic E-state index is -0.967. The first-order valence-electron chi connectivity index (χ1n) is 4.99. The van der Waals surface area contributed by atoms with Gasteiger partial charge in [0, 0.05) is 18.6 Å². The second-order valence-electron chi connectivity index (χ2n) is 3.76. The van der Waals surface area contributed by atoms with E-state index in [-0.39, 0.29) is 6.61 Å². The zero-order chi connectivity index (χ0) is 11.7. The highest BCUT2D eigenvalue weighted by Gasteiger charge is 2.09. The molecule has 0 atom stereocenters. The standard InChI is InChI=1S/C12H13NO3/c1-8-6-13(2)9-4-3-5-10(12(8)9)16-7-11(14)15/h3-6H,7H2,1-2H3,(H,14,15). The Morgan fingerprint density at radius 2 is 2.25 bits per heavy atom. The van der Waals surface area contributed by atoms with E-state index in [9.17, 15) is 4.79 Å². The Kier molecular flexibility index (Phi) is 2.56. The molecule has 0 unspecified atom stereocenters. The van der Waals surface area contributed by atoms with Crippen molar-refractivity contribution in [2.24, 2.45) is 7.05 Å². The van der Waals surface area contributed by atoms with E-state index >= 15 is 0 Å². The summed E-state index contributed by atoms with van der Waals surface area (Å²) in [5.41, 5.74) is 2.12. The van der Waals surface area contributed by atoms with Gasteiger partial charge in [0.05, 0.1) is 5.52 Å². The maximum absolute atomic E-state index is 10.5. The van der Waals surface area contributed by atoms with Gasteiger partial charge in [0.15, 0.2) is 6.61 Å². The van der Waals surface area contributed by atoms with Crippen LogP contribution in [0, 0.1) is 6.92 Å². The lowest BCUT2D eigenvalue weighted by Crippen LogP contribution is -2.09. The van der Waals surface area contributed by atoms with Crippen molar-refractivity contribution in [3.8, 4) is 5.75 Å². The average molecular weight is 219 g/mol. The number of nitrogens with zero attached hydrogens (tertiary/aromatic N) is 1. The highest BCUT2D eigenvalue weighted by molar-refractivity contribution is 5.90. The fourth-order valence-corrected chi connectivity index (χ4v) is 1.89. The van der Waals surface area contributed by atoms with Crippen molar-refractivity contribution in [3.63, 3.8) is 0 Å². The number of carboxylic acid groups (broad SMARTS) is 1. The Morgan fingerprint density at radius 1 is 1.50 bits per heavy atom. The summed E-state index contributed by atoms with van der Waals surface area (Å²) < 4.78 is 7.26. The lowest BCUT2D eigenvalue weighted by molar-refractivity contribution is -0.139. The average Bonchev–Trinajstić information content (AvgIpc) is 2.52. The molecular weight excluding hydrogens is 206 g/mol. The van der Waals surface area contributed by atoms with E-state index in [1.165, 1.54) is 0 Å². The highest BCUT2D eigenvalue weighted by atomic mass is 16.5. The zero-order valence-corrected chi connectivity index (χ0v) is 9.23. The van der Waals surface area contributed by atoms with Crippen molar-refractivity contribution in [3.05, 3.63) is 30.0 Å². The first-order chi connectivity index (χ1) is 7.59. The maximum atomic E-state index is 10.5. The molecule has 0 fully saturated rings. The number of carboxylic acids is 1. The molecule has 2 aromatic rings. The SMILES string of the molecule is Cc1cn(C)c2cccc(OCC(=O)O)c12. The largest absolute Gasteiger partial charge is 0.481 e. The zero-order valence-electron chi connectivity index (χ0n) is 9.23. The molecule has 0 aliphatic carbocycles. The summed E-state index contributed by atoms with van der Waals surface area (Å²) in [6.45, 7) is 1.67. The highest BCUT2D eigenvalue weighted by Crippen LogP contribution is 2.29. The van der Waals surface area contributed by atoms with Gasteiger partial charge in [0.1, 0.15) is 5.75 Å². The first-order valence-corrected chi connectivity index (χ1v) is 4.99. The summed E-state index contributed by atoms with van der Waals surface area (Å²) in [6, 6.07) is 5.63. The van der Waals surface area contributed by atoms with Crippen LogP contribution in [-0.4, -0.2) is 22.2 Å². The fraction of sp³-hybridized carbons (Fsp3) is 0.250. The van der Waals surface area contributed by atoms with Crippen LogP contribution in [0.15, 0.2) is 24.4 Å². The molecule has 0 bridgehead atoms. The molecule has 1 N–H and O–H groups in total. The number of fused-ring (bicyclic) bond motifs is 1. The van der Waals surface area contributed by atoms with E-state index in [4.69, 9.17) is 9.84 Å². The molecule has 0 aliphatic rings. The molecule has 4 nitrogen and oxygen atoms in total. The Bertz CT molecular complexity index is 542. The molecule has 0 saturated carbocycles. The van der Waals surface area contributed by atoms with Gasteiger partial charge < -0.3 is 14.4 Å². The summed E-state index contributed by atoms with van der Waals surface area (Å²) in [5, 5.41) is 9.57. The predicted octanol–water partition coefficient (Wildman–Crippen LogP) is 1.95. The van der Waals surface area contributed by atoms with Crippen molar-refractivity contribution in [1.82, 2.24) is 4.57 Å². The van der Waals surface area contributed by atoms with Crippen LogP contribution >= 0.6 is 0 Å². The third-order valence-corrected chi connectivity index (χ3v) is 2.52. The normalized spacial score (nSPS) is 10.6. The molecule has 0 aliphatic heterocycles. The van der Waals surface area contributed by atoms with Crippen molar-refractivity contribution in [2.45, 2.75) is 6.92 Å². The molecule has 16 heavy (non-hydrogen) atoms. The number of ether oxygens (including phenoxy) is 1. The summed E-state index contributed by atoms with van der Waals surface area (Å²) >= 11 is 0. The lowest BCUT2D eigenvalue weighted by Gasteiger charge is -2.05. The van der Waals surface area contributed by atoms with Crippen LogP contribution in [0.1, 0.15) is 5.56 Å². The van der Waals surface area contributed by atoms with Crippen LogP contribution in [0.2, 0.25) is 0 Å². The molecule has 1 aromatic carbocycles. The number of hydrogen-bond acceptors (Lipinski definition) is 2. The van der Waals surface area contributed by atoms with Gasteiger partial charge in [-0.05, 0) is 24.6 Å². The Labute approximate surface area is 93.1 Å². The van der Waals surface area contributed by atoms with Gasteiger partial charge in [0.2, 0.25) is 0 Å². The molecule has 1 aromatic heterocycles. The van der Waals surface area contributed by atoms with Crippen LogP contribution in [0.4, 0.5) is 0 Å². The van der Waals surface area contributed by atoms with Gasteiger partial charge in [0.25, 0.3) is 0 Å². The van der Waals surface area contributed by atoms with Gasteiger partial charge in [-0.3, -0.25) is 0 Å². The van der Waals surface area contributed by atoms with E-state index in [1.54, 1.807) is 6.07 Å². The number of aromatic nitrogens is 1. The van der Waals surface area contributed by atoms with E-state index in [2.05, 4.69) is 0 Å². The van der Waals surface area contributed by atoms with Crippen LogP contribution in [-0.2, 0) is 11.8 Å². The van der Waals surface area contributed by atoms with Crippen LogP contribution in [0.5, 0.6) is 5.75 Å². The van der Waals surface area contributed by atoms with E-state index in [0.29, 0.717) is 5.75 Å². The monoisotopic (exact) mass is 219 g/mol. The smallest absolute Gasteiger partial charge is 0.341 e. The molecule has 84 valence electrons. The third kappa shape index (κ3) is 1.74. The van der Waals surface area contributed by atoms with Crippen LogP contribution < -0.4 is 4.74 Å². The fourth-order valence-electron chi connectivity index (χ4n) is 1.89. The van der Waals surface area contributed by atoms with Gasteiger partial charge in [-0.25, -0.2) is 4.79 Å². The van der Waals surface area contributed by atoms with E-state index in [1.807, 2.05) is 36.9 Å². The Hall–Kier alpha value is -1.97. The van der Waals surface area contributed by atoms with Gasteiger partial charge in [-0.1, -0.05) is 6.07 Å². The number of aliphatic carboxylic acids is 1. The first kappa shape index (κ1) is 10.5. The Morgan fingerprint density at radius 3 is 2.94 bits per heavy atom. The molecule has 4 heteroatoms. The number of benzene rings is 1. The third-order valence-electron chi connectivity index (χ3n) is 2.52. The van der Waals surface area contributed by atoms with E-state index < -0.39 is 5.97 Å². The number of rotatable bonds is 3. The lowest BCUT2D eigenvalue weighted by atomic mass is 10.2. The summed E-state index contributed by atoms with van der Waals surface area (Å²) in [5.74, 6) is -0.344. The molecule has 2 rings (SSSR count). The molecule has 0 saturated heterocycles. The molecule has 0 radical (unpaired) electrons. The Balaban J connectivity index is 2.48. The quantitative estimate of drug-likeness (QED) is 0.858. The molecule has 1 heterocycles. The number of hydrogen-bond donors (Lipinski definition) is 1. The second kappa shape index (κ2) is 3.89. The minimum Gasteiger partial charge on any atom is -0.481 e. The van der Waals surface area contributed by atoms with Crippen molar-refractivity contribution >= 4 is 16.9 Å². The van der Waals surface area contributed by atoms with Crippen LogP contribution in [0.25, 0.3) is 10.9 Å². The summed E-state index contributed by atoms with van der Waals surface area (Å²) in [7, 11) is 1.95. The molecule has 0 amide bonds. The van der Waals surface area contributed by atoms with Crippen molar-refractivity contribution in [1.29, 1.82) is 0 Å². The number of aryl methyl sites for hydroxylation is 2. The predicted molar refractivity (Wildman–Crippen MR) is 60.8 cm³/mol. The summed E-state index contributed by atoms with van der Waals surface area (Å²) in [6.07, 6.45) is 2.00. The van der Waals surface area contributed by atoms with Crippen molar-refractivity contribution in [2.75, 3.05) is 6.61 Å². The molecule has 0 spiro atoms. The van der Waals surface area contributed by atoms with Gasteiger partial charge in [-0.15, -0.1) is 0 Å². The maximum Gasteiger partial charge on any atom is 0.341 e. The second-order valence-corrected chi connectivity index (χ2v) is 3.76.